The van der Waals surface area contributed by atoms with E-state index in [2.05, 4.69) is 31.7 Å². The van der Waals surface area contributed by atoms with Gasteiger partial charge in [0.05, 0.1) is 11.9 Å². The summed E-state index contributed by atoms with van der Waals surface area (Å²) in [7, 11) is 0. The molecular formula is C30H49N3O2. The van der Waals surface area contributed by atoms with Crippen LogP contribution in [0.5, 0.6) is 0 Å². The van der Waals surface area contributed by atoms with Crippen molar-refractivity contribution >= 4 is 11.7 Å². The lowest BCUT2D eigenvalue weighted by Gasteiger charge is -2.58. The van der Waals surface area contributed by atoms with Crippen molar-refractivity contribution < 1.29 is 9.90 Å². The van der Waals surface area contributed by atoms with Crippen molar-refractivity contribution in [2.24, 2.45) is 40.4 Å². The molecule has 1 unspecified atom stereocenters. The standard InChI is InChI=1S/C30H49N3O2/c1-20(5-10-28(35)33-17-15-32(16-18-33)21(2)31)25-8-9-26-24-7-6-22-19-23(34)11-13-29(22,3)27(24)12-14-30(25,26)4/h6,20,23-27,31,34H,5,7-19H2,1-4H3/t20?,23-,24-,25+,26-,27-,29-,30+/m0/s1. The number of aliphatic hydroxyl groups is 1. The number of hydrogen-bond acceptors (Lipinski definition) is 3. The molecule has 35 heavy (non-hydrogen) atoms. The van der Waals surface area contributed by atoms with Gasteiger partial charge in [-0.1, -0.05) is 32.4 Å². The third-order valence-corrected chi connectivity index (χ3v) is 11.8. The average molecular weight is 484 g/mol. The van der Waals surface area contributed by atoms with Gasteiger partial charge in [-0.3, -0.25) is 10.2 Å². The number of carbonyl (C=O) groups excluding carboxylic acids is 1. The number of nitrogens with zero attached hydrogens (tertiary/aromatic N) is 2. The Kier molecular flexibility index (Phi) is 6.87. The molecule has 4 fully saturated rings. The van der Waals surface area contributed by atoms with Crippen LogP contribution >= 0.6 is 0 Å². The number of allylic oxidation sites excluding steroid dienone is 1. The van der Waals surface area contributed by atoms with Gasteiger partial charge in [0.1, 0.15) is 0 Å². The van der Waals surface area contributed by atoms with E-state index in [1.54, 1.807) is 5.57 Å². The highest BCUT2D eigenvalue weighted by Gasteiger charge is 2.59. The van der Waals surface area contributed by atoms with E-state index >= 15 is 0 Å². The van der Waals surface area contributed by atoms with Crippen LogP contribution < -0.4 is 0 Å². The second-order valence-electron chi connectivity index (χ2n) is 13.4. The second kappa shape index (κ2) is 9.50. The summed E-state index contributed by atoms with van der Waals surface area (Å²) in [6, 6.07) is 0. The van der Waals surface area contributed by atoms with Gasteiger partial charge in [-0.25, -0.2) is 0 Å². The van der Waals surface area contributed by atoms with Crippen LogP contribution in [0.15, 0.2) is 11.6 Å². The van der Waals surface area contributed by atoms with E-state index in [1.807, 2.05) is 11.8 Å². The highest BCUT2D eigenvalue weighted by molar-refractivity contribution is 5.78. The van der Waals surface area contributed by atoms with E-state index < -0.39 is 0 Å². The normalized spacial score (nSPS) is 42.0. The second-order valence-corrected chi connectivity index (χ2v) is 13.4. The van der Waals surface area contributed by atoms with E-state index in [0.717, 1.165) is 69.1 Å². The van der Waals surface area contributed by atoms with Crippen molar-refractivity contribution in [3.8, 4) is 0 Å². The predicted molar refractivity (Wildman–Crippen MR) is 141 cm³/mol. The zero-order chi connectivity index (χ0) is 25.0. The smallest absolute Gasteiger partial charge is 0.222 e. The topological polar surface area (TPSA) is 67.6 Å². The van der Waals surface area contributed by atoms with E-state index in [9.17, 15) is 9.90 Å². The molecule has 1 saturated heterocycles. The number of rotatable bonds is 4. The predicted octanol–water partition coefficient (Wildman–Crippen LogP) is 5.48. The SMILES string of the molecule is CC(=N)N1CCN(C(=O)CCC(C)[C@H]2CC[C@H]3[C@@H]4CC=C5C[C@@H](O)CC[C@]5(C)[C@H]4CC[C@]23C)CC1. The molecule has 5 nitrogen and oxygen atoms in total. The molecule has 0 aromatic carbocycles. The van der Waals surface area contributed by atoms with Gasteiger partial charge in [0, 0.05) is 32.6 Å². The fourth-order valence-electron chi connectivity index (χ4n) is 9.62. The van der Waals surface area contributed by atoms with Crippen molar-refractivity contribution in [3.63, 3.8) is 0 Å². The number of hydrogen-bond donors (Lipinski definition) is 2. The van der Waals surface area contributed by atoms with Crippen LogP contribution in [0, 0.1) is 45.8 Å². The zero-order valence-corrected chi connectivity index (χ0v) is 22.7. The number of nitrogens with one attached hydrogen (secondary N) is 1. The number of carbonyl (C=O) groups is 1. The summed E-state index contributed by atoms with van der Waals surface area (Å²) in [5.74, 6) is 4.71. The van der Waals surface area contributed by atoms with Crippen LogP contribution in [0.4, 0.5) is 0 Å². The molecule has 0 bridgehead atoms. The first-order valence-corrected chi connectivity index (χ1v) is 14.6. The highest BCUT2D eigenvalue weighted by atomic mass is 16.3. The molecule has 0 aromatic rings. The zero-order valence-electron chi connectivity index (χ0n) is 22.7. The average Bonchev–Trinajstić information content (AvgIpc) is 3.20. The Hall–Kier alpha value is -1.36. The maximum atomic E-state index is 13.0. The van der Waals surface area contributed by atoms with E-state index in [-0.39, 0.29) is 6.10 Å². The molecule has 1 heterocycles. The monoisotopic (exact) mass is 483 g/mol. The molecule has 1 aliphatic heterocycles. The lowest BCUT2D eigenvalue weighted by atomic mass is 9.47. The van der Waals surface area contributed by atoms with Crippen molar-refractivity contribution in [2.45, 2.75) is 98.0 Å². The maximum Gasteiger partial charge on any atom is 0.222 e. The first kappa shape index (κ1) is 25.3. The van der Waals surface area contributed by atoms with Gasteiger partial charge < -0.3 is 14.9 Å². The third-order valence-electron chi connectivity index (χ3n) is 11.8. The van der Waals surface area contributed by atoms with Crippen molar-refractivity contribution in [2.75, 3.05) is 26.2 Å². The molecule has 0 spiro atoms. The number of amides is 1. The van der Waals surface area contributed by atoms with Crippen LogP contribution in [0.3, 0.4) is 0 Å². The maximum absolute atomic E-state index is 13.0. The van der Waals surface area contributed by atoms with Gasteiger partial charge in [-0.05, 0) is 105 Å². The Balaban J connectivity index is 1.20. The Morgan fingerprint density at radius 3 is 2.51 bits per heavy atom. The molecule has 3 saturated carbocycles. The molecule has 5 aliphatic rings. The quantitative estimate of drug-likeness (QED) is 0.316. The molecular weight excluding hydrogens is 434 g/mol. The first-order chi connectivity index (χ1) is 16.6. The minimum atomic E-state index is -0.122. The lowest BCUT2D eigenvalue weighted by Crippen LogP contribution is -2.51. The summed E-state index contributed by atoms with van der Waals surface area (Å²) < 4.78 is 0. The number of aliphatic hydroxyl groups excluding tert-OH is 1. The van der Waals surface area contributed by atoms with Crippen molar-refractivity contribution in [3.05, 3.63) is 11.6 Å². The Morgan fingerprint density at radius 2 is 1.80 bits per heavy atom. The number of amidine groups is 1. The Morgan fingerprint density at radius 1 is 1.09 bits per heavy atom. The van der Waals surface area contributed by atoms with Gasteiger partial charge >= 0.3 is 0 Å². The summed E-state index contributed by atoms with van der Waals surface area (Å²) in [4.78, 5) is 17.1. The van der Waals surface area contributed by atoms with Crippen LogP contribution in [-0.4, -0.2) is 58.9 Å². The van der Waals surface area contributed by atoms with Crippen molar-refractivity contribution in [1.29, 1.82) is 5.41 Å². The molecule has 0 radical (unpaired) electrons. The summed E-state index contributed by atoms with van der Waals surface area (Å²) in [6.45, 7) is 12.5. The molecule has 2 N–H and O–H groups in total. The minimum Gasteiger partial charge on any atom is -0.393 e. The summed E-state index contributed by atoms with van der Waals surface area (Å²) >= 11 is 0. The van der Waals surface area contributed by atoms with E-state index in [4.69, 9.17) is 5.41 Å². The fraction of sp³-hybridized carbons (Fsp3) is 0.867. The van der Waals surface area contributed by atoms with E-state index in [1.165, 1.54) is 38.5 Å². The van der Waals surface area contributed by atoms with Gasteiger partial charge in [-0.15, -0.1) is 0 Å². The minimum absolute atomic E-state index is 0.122. The highest BCUT2D eigenvalue weighted by Crippen LogP contribution is 2.67. The first-order valence-electron chi connectivity index (χ1n) is 14.6. The van der Waals surface area contributed by atoms with Gasteiger partial charge in [0.15, 0.2) is 0 Å². The van der Waals surface area contributed by atoms with Gasteiger partial charge in [0.2, 0.25) is 5.91 Å². The fourth-order valence-corrected chi connectivity index (χ4v) is 9.62. The summed E-state index contributed by atoms with van der Waals surface area (Å²) in [6.07, 6.45) is 13.8. The molecule has 5 heteroatoms. The third kappa shape index (κ3) is 4.38. The Labute approximate surface area is 213 Å². The Bertz CT molecular complexity index is 862. The number of fused-ring (bicyclic) bond motifs is 5. The van der Waals surface area contributed by atoms with Crippen LogP contribution in [-0.2, 0) is 4.79 Å². The van der Waals surface area contributed by atoms with Crippen LogP contribution in [0.25, 0.3) is 0 Å². The van der Waals surface area contributed by atoms with E-state index in [0.29, 0.717) is 34.9 Å². The largest absolute Gasteiger partial charge is 0.393 e. The molecule has 196 valence electrons. The molecule has 1 amide bonds. The summed E-state index contributed by atoms with van der Waals surface area (Å²) in [5, 5.41) is 18.1. The van der Waals surface area contributed by atoms with Crippen molar-refractivity contribution in [1.82, 2.24) is 9.80 Å². The molecule has 0 aromatic heterocycles. The van der Waals surface area contributed by atoms with Crippen LogP contribution in [0.2, 0.25) is 0 Å². The number of piperazine rings is 1. The molecule has 8 atom stereocenters. The van der Waals surface area contributed by atoms with Gasteiger partial charge in [-0.2, -0.15) is 0 Å². The molecule has 5 rings (SSSR count). The lowest BCUT2D eigenvalue weighted by molar-refractivity contribution is -0.133. The van der Waals surface area contributed by atoms with Crippen LogP contribution in [0.1, 0.15) is 91.9 Å². The van der Waals surface area contributed by atoms with Gasteiger partial charge in [0.25, 0.3) is 0 Å². The molecule has 4 aliphatic carbocycles. The summed E-state index contributed by atoms with van der Waals surface area (Å²) in [5.41, 5.74) is 2.31.